The van der Waals surface area contributed by atoms with Crippen LogP contribution in [-0.4, -0.2) is 30.0 Å². The lowest BCUT2D eigenvalue weighted by molar-refractivity contribution is -0.196. The normalized spacial score (nSPS) is 9.59. The summed E-state index contributed by atoms with van der Waals surface area (Å²) in [5, 5.41) is 2.25. The Morgan fingerprint density at radius 1 is 1.29 bits per heavy atom. The number of benzene rings is 1. The van der Waals surface area contributed by atoms with Gasteiger partial charge in [-0.2, -0.15) is 0 Å². The van der Waals surface area contributed by atoms with Gasteiger partial charge in [0.15, 0.2) is 0 Å². The fourth-order valence-electron chi connectivity index (χ4n) is 1.20. The van der Waals surface area contributed by atoms with Gasteiger partial charge in [0.1, 0.15) is 5.88 Å². The molecule has 92 valence electrons. The Bertz CT molecular complexity index is 397. The Kier molecular flexibility index (Phi) is 4.78. The van der Waals surface area contributed by atoms with Crippen LogP contribution in [0.15, 0.2) is 30.3 Å². The Morgan fingerprint density at radius 2 is 1.88 bits per heavy atom. The molecule has 0 fully saturated rings. The molecule has 0 radical (unpaired) electrons. The van der Waals surface area contributed by atoms with Crippen molar-refractivity contribution in [3.8, 4) is 0 Å². The standard InChI is InChI=1S/C11H13ClN2O3/c1-9(15)17-14(11(16)8-12)13(2)10-6-4-3-5-7-10/h3-7H,8H2,1-2H3. The predicted octanol–water partition coefficient (Wildman–Crippen LogP) is 1.58. The van der Waals surface area contributed by atoms with E-state index in [1.165, 1.54) is 11.9 Å². The first-order valence-electron chi connectivity index (χ1n) is 4.92. The van der Waals surface area contributed by atoms with E-state index in [4.69, 9.17) is 16.4 Å². The van der Waals surface area contributed by atoms with E-state index in [0.717, 1.165) is 5.17 Å². The van der Waals surface area contributed by atoms with Gasteiger partial charge in [-0.1, -0.05) is 23.4 Å². The highest BCUT2D eigenvalue weighted by Crippen LogP contribution is 2.14. The molecule has 0 heterocycles. The molecule has 0 aromatic heterocycles. The molecule has 17 heavy (non-hydrogen) atoms. The van der Waals surface area contributed by atoms with Crippen LogP contribution in [0.5, 0.6) is 0 Å². The number of carbonyl (C=O) groups is 2. The van der Waals surface area contributed by atoms with Crippen molar-refractivity contribution in [1.29, 1.82) is 0 Å². The molecule has 5 nitrogen and oxygen atoms in total. The number of amides is 1. The Balaban J connectivity index is 2.90. The molecule has 0 unspecified atom stereocenters. The number of alkyl halides is 1. The third-order valence-corrected chi connectivity index (χ3v) is 2.17. The molecule has 1 rings (SSSR count). The summed E-state index contributed by atoms with van der Waals surface area (Å²) in [6.45, 7) is 1.22. The second kappa shape index (κ2) is 6.10. The molecule has 1 aromatic carbocycles. The van der Waals surface area contributed by atoms with Crippen LogP contribution in [0, 0.1) is 0 Å². The van der Waals surface area contributed by atoms with Crippen LogP contribution in [0.3, 0.4) is 0 Å². The highest BCUT2D eigenvalue weighted by molar-refractivity contribution is 6.27. The van der Waals surface area contributed by atoms with Crippen molar-refractivity contribution in [2.45, 2.75) is 6.92 Å². The third kappa shape index (κ3) is 3.64. The molecular weight excluding hydrogens is 244 g/mol. The van der Waals surface area contributed by atoms with E-state index in [-0.39, 0.29) is 5.88 Å². The van der Waals surface area contributed by atoms with Crippen LogP contribution in [-0.2, 0) is 14.4 Å². The van der Waals surface area contributed by atoms with Crippen molar-refractivity contribution in [1.82, 2.24) is 5.17 Å². The van der Waals surface area contributed by atoms with Crippen LogP contribution in [0.2, 0.25) is 0 Å². The highest BCUT2D eigenvalue weighted by atomic mass is 35.5. The van der Waals surface area contributed by atoms with Crippen molar-refractivity contribution >= 4 is 29.2 Å². The summed E-state index contributed by atoms with van der Waals surface area (Å²) < 4.78 is 0. The van der Waals surface area contributed by atoms with Gasteiger partial charge in [-0.15, -0.1) is 11.6 Å². The third-order valence-electron chi connectivity index (χ3n) is 1.95. The van der Waals surface area contributed by atoms with E-state index < -0.39 is 11.9 Å². The number of nitrogens with zero attached hydrogens (tertiary/aromatic N) is 2. The summed E-state index contributed by atoms with van der Waals surface area (Å²) in [5.74, 6) is -1.38. The molecule has 0 atom stereocenters. The van der Waals surface area contributed by atoms with Crippen LogP contribution < -0.4 is 5.01 Å². The fraction of sp³-hybridized carbons (Fsp3) is 0.273. The molecule has 0 bridgehead atoms. The average Bonchev–Trinajstić information content (AvgIpc) is 2.35. The van der Waals surface area contributed by atoms with Crippen molar-refractivity contribution < 1.29 is 14.4 Å². The monoisotopic (exact) mass is 256 g/mol. The number of hydrogen-bond acceptors (Lipinski definition) is 4. The minimum Gasteiger partial charge on any atom is -0.318 e. The molecule has 6 heteroatoms. The van der Waals surface area contributed by atoms with E-state index in [9.17, 15) is 9.59 Å². The minimum atomic E-state index is -0.591. The van der Waals surface area contributed by atoms with Gasteiger partial charge in [0, 0.05) is 14.0 Å². The van der Waals surface area contributed by atoms with Crippen LogP contribution in [0.4, 0.5) is 5.69 Å². The van der Waals surface area contributed by atoms with Crippen molar-refractivity contribution in [2.24, 2.45) is 0 Å². The molecule has 0 aliphatic heterocycles. The molecule has 1 amide bonds. The highest BCUT2D eigenvalue weighted by Gasteiger charge is 2.21. The summed E-state index contributed by atoms with van der Waals surface area (Å²) in [5.41, 5.74) is 0.701. The maximum absolute atomic E-state index is 11.5. The van der Waals surface area contributed by atoms with Gasteiger partial charge in [-0.3, -0.25) is 9.80 Å². The molecule has 0 saturated heterocycles. The zero-order valence-corrected chi connectivity index (χ0v) is 10.3. The number of hydrogen-bond donors (Lipinski definition) is 0. The molecule has 0 spiro atoms. The largest absolute Gasteiger partial charge is 0.332 e. The number of hydrazine groups is 1. The van der Waals surface area contributed by atoms with Gasteiger partial charge < -0.3 is 4.84 Å². The average molecular weight is 257 g/mol. The Morgan fingerprint density at radius 3 is 2.35 bits per heavy atom. The molecule has 0 aliphatic carbocycles. The first-order valence-corrected chi connectivity index (χ1v) is 5.46. The van der Waals surface area contributed by atoms with E-state index >= 15 is 0 Å². The lowest BCUT2D eigenvalue weighted by atomic mass is 10.3. The Hall–Kier alpha value is -1.75. The van der Waals surface area contributed by atoms with Crippen LogP contribution in [0.1, 0.15) is 6.92 Å². The quantitative estimate of drug-likeness (QED) is 0.609. The van der Waals surface area contributed by atoms with Gasteiger partial charge in [-0.25, -0.2) is 4.79 Å². The van der Waals surface area contributed by atoms with E-state index in [0.29, 0.717) is 5.69 Å². The minimum absolute atomic E-state index is 0.273. The SMILES string of the molecule is CC(=O)ON(C(=O)CCl)N(C)c1ccccc1. The number of rotatable bonds is 3. The lowest BCUT2D eigenvalue weighted by Gasteiger charge is -2.30. The zero-order chi connectivity index (χ0) is 12.8. The van der Waals surface area contributed by atoms with E-state index in [2.05, 4.69) is 0 Å². The topological polar surface area (TPSA) is 49.9 Å². The zero-order valence-electron chi connectivity index (χ0n) is 9.59. The summed E-state index contributed by atoms with van der Waals surface area (Å²) in [7, 11) is 1.60. The first-order chi connectivity index (χ1) is 8.06. The Labute approximate surface area is 104 Å². The molecule has 0 aliphatic rings. The lowest BCUT2D eigenvalue weighted by Crippen LogP contribution is -2.46. The number of hydroxylamine groups is 1. The first kappa shape index (κ1) is 13.3. The molecule has 0 saturated carbocycles. The second-order valence-electron chi connectivity index (χ2n) is 3.24. The smallest absolute Gasteiger partial charge is 0.318 e. The van der Waals surface area contributed by atoms with Gasteiger partial charge in [0.25, 0.3) is 5.91 Å². The molecule has 0 N–H and O–H groups in total. The van der Waals surface area contributed by atoms with Gasteiger partial charge in [-0.05, 0) is 12.1 Å². The maximum atomic E-state index is 11.5. The predicted molar refractivity (Wildman–Crippen MR) is 64.2 cm³/mol. The summed E-state index contributed by atoms with van der Waals surface area (Å²) >= 11 is 5.45. The summed E-state index contributed by atoms with van der Waals surface area (Å²) in [6.07, 6.45) is 0. The van der Waals surface area contributed by atoms with Gasteiger partial charge >= 0.3 is 5.97 Å². The van der Waals surface area contributed by atoms with Crippen LogP contribution >= 0.6 is 11.6 Å². The molecular formula is C11H13ClN2O3. The number of para-hydroxylation sites is 1. The second-order valence-corrected chi connectivity index (χ2v) is 3.51. The maximum Gasteiger partial charge on any atom is 0.332 e. The van der Waals surface area contributed by atoms with E-state index in [1.54, 1.807) is 19.2 Å². The van der Waals surface area contributed by atoms with Crippen LogP contribution in [0.25, 0.3) is 0 Å². The summed E-state index contributed by atoms with van der Waals surface area (Å²) in [4.78, 5) is 27.3. The number of halogens is 1. The van der Waals surface area contributed by atoms with E-state index in [1.807, 2.05) is 18.2 Å². The van der Waals surface area contributed by atoms with Crippen molar-refractivity contribution in [2.75, 3.05) is 17.9 Å². The molecule has 1 aromatic rings. The number of anilines is 1. The van der Waals surface area contributed by atoms with Crippen molar-refractivity contribution in [3.63, 3.8) is 0 Å². The van der Waals surface area contributed by atoms with Gasteiger partial charge in [0.05, 0.1) is 5.69 Å². The van der Waals surface area contributed by atoms with Crippen molar-refractivity contribution in [3.05, 3.63) is 30.3 Å². The number of carbonyl (C=O) groups excluding carboxylic acids is 2. The summed E-state index contributed by atoms with van der Waals surface area (Å²) in [6, 6.07) is 9.01. The van der Waals surface area contributed by atoms with Gasteiger partial charge in [0.2, 0.25) is 0 Å². The fourth-order valence-corrected chi connectivity index (χ4v) is 1.30.